The van der Waals surface area contributed by atoms with Gasteiger partial charge in [0.05, 0.1) is 12.8 Å². The van der Waals surface area contributed by atoms with Gasteiger partial charge in [-0.3, -0.25) is 9.88 Å². The van der Waals surface area contributed by atoms with Crippen molar-refractivity contribution in [3.05, 3.63) is 23.5 Å². The van der Waals surface area contributed by atoms with Crippen LogP contribution in [0.3, 0.4) is 0 Å². The maximum absolute atomic E-state index is 9.17. The van der Waals surface area contributed by atoms with E-state index in [-0.39, 0.29) is 6.61 Å². The van der Waals surface area contributed by atoms with Gasteiger partial charge in [0.25, 0.3) is 0 Å². The molecule has 1 aliphatic heterocycles. The molecule has 4 heteroatoms. The van der Waals surface area contributed by atoms with Gasteiger partial charge in [-0.2, -0.15) is 0 Å². The Kier molecular flexibility index (Phi) is 5.16. The highest BCUT2D eigenvalue weighted by Gasteiger charge is 2.22. The second-order valence-corrected chi connectivity index (χ2v) is 5.27. The number of aryl methyl sites for hydroxylation is 1. The summed E-state index contributed by atoms with van der Waals surface area (Å²) >= 11 is 0. The number of nitrogens with zero attached hydrogens (tertiary/aromatic N) is 2. The van der Waals surface area contributed by atoms with E-state index in [1.807, 2.05) is 19.1 Å². The van der Waals surface area contributed by atoms with E-state index in [4.69, 9.17) is 9.84 Å². The van der Waals surface area contributed by atoms with Gasteiger partial charge in [-0.05, 0) is 32.7 Å². The zero-order chi connectivity index (χ0) is 13.7. The molecule has 1 atom stereocenters. The van der Waals surface area contributed by atoms with Crippen LogP contribution in [0.4, 0.5) is 0 Å². The molecule has 0 aliphatic carbocycles. The van der Waals surface area contributed by atoms with E-state index in [1.54, 1.807) is 7.11 Å². The van der Waals surface area contributed by atoms with Crippen molar-refractivity contribution in [1.82, 2.24) is 9.88 Å². The van der Waals surface area contributed by atoms with Crippen molar-refractivity contribution >= 4 is 0 Å². The fraction of sp³-hybridized carbons (Fsp3) is 0.667. The Labute approximate surface area is 115 Å². The van der Waals surface area contributed by atoms with E-state index >= 15 is 0 Å². The summed E-state index contributed by atoms with van der Waals surface area (Å²) in [4.78, 5) is 7.03. The Morgan fingerprint density at radius 1 is 1.42 bits per heavy atom. The average Bonchev–Trinajstić information content (AvgIpc) is 2.40. The summed E-state index contributed by atoms with van der Waals surface area (Å²) in [5.41, 5.74) is 2.05. The van der Waals surface area contributed by atoms with Gasteiger partial charge in [-0.15, -0.1) is 0 Å². The van der Waals surface area contributed by atoms with Gasteiger partial charge >= 0.3 is 0 Å². The van der Waals surface area contributed by atoms with Gasteiger partial charge in [-0.1, -0.05) is 6.42 Å². The van der Waals surface area contributed by atoms with Crippen molar-refractivity contribution < 1.29 is 9.84 Å². The van der Waals surface area contributed by atoms with Crippen LogP contribution in [-0.4, -0.2) is 41.3 Å². The van der Waals surface area contributed by atoms with E-state index in [2.05, 4.69) is 9.88 Å². The first-order chi connectivity index (χ1) is 9.22. The van der Waals surface area contributed by atoms with Crippen molar-refractivity contribution in [2.24, 2.45) is 0 Å². The standard InChI is InChI=1S/C15H24N2O2/c1-12-9-15(19-2)10-13(16-12)11-17-7-4-3-5-14(17)6-8-18/h9-10,14,18H,3-8,11H2,1-2H3. The molecular weight excluding hydrogens is 240 g/mol. The van der Waals surface area contributed by atoms with E-state index < -0.39 is 0 Å². The summed E-state index contributed by atoms with van der Waals surface area (Å²) in [6.07, 6.45) is 4.56. The van der Waals surface area contributed by atoms with Crippen LogP contribution < -0.4 is 4.74 Å². The van der Waals surface area contributed by atoms with Gasteiger partial charge in [0.15, 0.2) is 0 Å². The lowest BCUT2D eigenvalue weighted by atomic mass is 9.99. The summed E-state index contributed by atoms with van der Waals surface area (Å²) in [6, 6.07) is 4.45. The maximum atomic E-state index is 9.17. The van der Waals surface area contributed by atoms with Gasteiger partial charge in [0, 0.05) is 37.0 Å². The molecule has 0 spiro atoms. The number of piperidine rings is 1. The quantitative estimate of drug-likeness (QED) is 0.885. The number of aliphatic hydroxyl groups is 1. The summed E-state index contributed by atoms with van der Waals surface area (Å²) in [5.74, 6) is 0.873. The second-order valence-electron chi connectivity index (χ2n) is 5.27. The number of methoxy groups -OCH3 is 1. The molecule has 1 aliphatic rings. The lowest BCUT2D eigenvalue weighted by molar-refractivity contribution is 0.111. The lowest BCUT2D eigenvalue weighted by Gasteiger charge is -2.35. The minimum atomic E-state index is 0.270. The lowest BCUT2D eigenvalue weighted by Crippen LogP contribution is -2.39. The largest absolute Gasteiger partial charge is 0.497 e. The Morgan fingerprint density at radius 3 is 3.00 bits per heavy atom. The zero-order valence-electron chi connectivity index (χ0n) is 11.9. The van der Waals surface area contributed by atoms with Gasteiger partial charge < -0.3 is 9.84 Å². The van der Waals surface area contributed by atoms with Crippen molar-refractivity contribution in [3.63, 3.8) is 0 Å². The Bertz CT molecular complexity index is 407. The summed E-state index contributed by atoms with van der Waals surface area (Å²) in [6.45, 7) is 4.21. The van der Waals surface area contributed by atoms with Gasteiger partial charge in [0.1, 0.15) is 5.75 Å². The monoisotopic (exact) mass is 264 g/mol. The smallest absolute Gasteiger partial charge is 0.122 e. The molecule has 2 rings (SSSR count). The number of aromatic nitrogens is 1. The molecule has 1 fully saturated rings. The highest BCUT2D eigenvalue weighted by atomic mass is 16.5. The summed E-state index contributed by atoms with van der Waals surface area (Å²) in [5, 5.41) is 9.17. The number of pyridine rings is 1. The topological polar surface area (TPSA) is 45.6 Å². The maximum Gasteiger partial charge on any atom is 0.122 e. The third kappa shape index (κ3) is 3.91. The Morgan fingerprint density at radius 2 is 2.26 bits per heavy atom. The first kappa shape index (κ1) is 14.3. The molecule has 1 unspecified atom stereocenters. The predicted octanol–water partition coefficient (Wildman–Crippen LogP) is 2.14. The number of aliphatic hydroxyl groups excluding tert-OH is 1. The predicted molar refractivity (Wildman–Crippen MR) is 75.3 cm³/mol. The molecule has 106 valence electrons. The van der Waals surface area contributed by atoms with Crippen LogP contribution in [-0.2, 0) is 6.54 Å². The molecule has 19 heavy (non-hydrogen) atoms. The number of rotatable bonds is 5. The molecule has 1 aromatic heterocycles. The number of likely N-dealkylation sites (tertiary alicyclic amines) is 1. The second kappa shape index (κ2) is 6.87. The van der Waals surface area contributed by atoms with Crippen LogP contribution in [0.25, 0.3) is 0 Å². The highest BCUT2D eigenvalue weighted by Crippen LogP contribution is 2.22. The van der Waals surface area contributed by atoms with Crippen LogP contribution in [0.1, 0.15) is 37.1 Å². The molecule has 1 saturated heterocycles. The Hall–Kier alpha value is -1.13. The third-order valence-electron chi connectivity index (χ3n) is 3.79. The highest BCUT2D eigenvalue weighted by molar-refractivity contribution is 5.26. The molecule has 1 aromatic rings. The summed E-state index contributed by atoms with van der Waals surface area (Å²) < 4.78 is 5.30. The van der Waals surface area contributed by atoms with E-state index in [0.29, 0.717) is 6.04 Å². The molecule has 4 nitrogen and oxygen atoms in total. The van der Waals surface area contributed by atoms with Gasteiger partial charge in [-0.25, -0.2) is 0 Å². The van der Waals surface area contributed by atoms with Crippen molar-refractivity contribution in [2.75, 3.05) is 20.3 Å². The van der Waals surface area contributed by atoms with Crippen molar-refractivity contribution in [1.29, 1.82) is 0 Å². The van der Waals surface area contributed by atoms with E-state index in [0.717, 1.165) is 36.6 Å². The average molecular weight is 264 g/mol. The molecule has 0 radical (unpaired) electrons. The Balaban J connectivity index is 2.07. The third-order valence-corrected chi connectivity index (χ3v) is 3.79. The SMILES string of the molecule is COc1cc(C)nc(CN2CCCCC2CCO)c1. The molecule has 1 N–H and O–H groups in total. The first-order valence-corrected chi connectivity index (χ1v) is 7.09. The molecule has 0 bridgehead atoms. The number of ether oxygens (including phenoxy) is 1. The number of hydrogen-bond acceptors (Lipinski definition) is 4. The summed E-state index contributed by atoms with van der Waals surface area (Å²) in [7, 11) is 1.69. The van der Waals surface area contributed by atoms with Crippen LogP contribution >= 0.6 is 0 Å². The molecule has 0 amide bonds. The minimum absolute atomic E-state index is 0.270. The number of hydrogen-bond donors (Lipinski definition) is 1. The minimum Gasteiger partial charge on any atom is -0.497 e. The molecule has 2 heterocycles. The molecule has 0 saturated carbocycles. The van der Waals surface area contributed by atoms with Crippen LogP contribution in [0.15, 0.2) is 12.1 Å². The fourth-order valence-corrected chi connectivity index (χ4v) is 2.85. The van der Waals surface area contributed by atoms with Crippen LogP contribution in [0, 0.1) is 6.92 Å². The van der Waals surface area contributed by atoms with E-state index in [1.165, 1.54) is 19.3 Å². The zero-order valence-corrected chi connectivity index (χ0v) is 11.9. The van der Waals surface area contributed by atoms with Crippen molar-refractivity contribution in [3.8, 4) is 5.75 Å². The van der Waals surface area contributed by atoms with Crippen LogP contribution in [0.2, 0.25) is 0 Å². The van der Waals surface area contributed by atoms with Crippen molar-refractivity contribution in [2.45, 2.75) is 45.2 Å². The normalized spacial score (nSPS) is 20.5. The molecule has 0 aromatic carbocycles. The van der Waals surface area contributed by atoms with Gasteiger partial charge in [0.2, 0.25) is 0 Å². The fourth-order valence-electron chi connectivity index (χ4n) is 2.85. The molecular formula is C15H24N2O2. The van der Waals surface area contributed by atoms with Crippen LogP contribution in [0.5, 0.6) is 5.75 Å². The first-order valence-electron chi connectivity index (χ1n) is 7.09. The van der Waals surface area contributed by atoms with E-state index in [9.17, 15) is 0 Å².